The average Bonchev–Trinajstić information content (AvgIpc) is 2.10. The molecule has 0 aromatic heterocycles. The van der Waals surface area contributed by atoms with Gasteiger partial charge in [-0.3, -0.25) is 0 Å². The van der Waals surface area contributed by atoms with Crippen LogP contribution in [0.25, 0.3) is 0 Å². The van der Waals surface area contributed by atoms with Crippen molar-refractivity contribution in [2.24, 2.45) is 10.8 Å². The highest BCUT2D eigenvalue weighted by molar-refractivity contribution is 4.95. The highest BCUT2D eigenvalue weighted by Gasteiger charge is 2.40. The van der Waals surface area contributed by atoms with E-state index in [0.717, 1.165) is 6.54 Å². The van der Waals surface area contributed by atoms with E-state index in [0.29, 0.717) is 29.0 Å². The second kappa shape index (κ2) is 6.58. The summed E-state index contributed by atoms with van der Waals surface area (Å²) >= 11 is 0. The fourth-order valence-electron chi connectivity index (χ4n) is 4.08. The summed E-state index contributed by atoms with van der Waals surface area (Å²) in [5, 5.41) is 7.35. The molecule has 1 aliphatic rings. The van der Waals surface area contributed by atoms with Crippen LogP contribution >= 0.6 is 0 Å². The Hall–Kier alpha value is -0.0800. The van der Waals surface area contributed by atoms with Gasteiger partial charge >= 0.3 is 0 Å². The molecule has 0 aromatic carbocycles. The van der Waals surface area contributed by atoms with Gasteiger partial charge in [0.05, 0.1) is 0 Å². The highest BCUT2D eigenvalue weighted by atomic mass is 14.9. The van der Waals surface area contributed by atoms with Crippen molar-refractivity contribution in [1.82, 2.24) is 10.6 Å². The van der Waals surface area contributed by atoms with Crippen molar-refractivity contribution >= 4 is 0 Å². The lowest BCUT2D eigenvalue weighted by molar-refractivity contribution is 0.0610. The molecule has 2 heteroatoms. The fraction of sp³-hybridized carbons (Fsp3) is 1.00. The Bertz CT molecular complexity index is 270. The van der Waals surface area contributed by atoms with Crippen LogP contribution in [0.15, 0.2) is 0 Å². The van der Waals surface area contributed by atoms with E-state index in [2.05, 4.69) is 59.1 Å². The largest absolute Gasteiger partial charge is 0.315 e. The van der Waals surface area contributed by atoms with Crippen LogP contribution < -0.4 is 10.6 Å². The topological polar surface area (TPSA) is 24.1 Å². The zero-order chi connectivity index (χ0) is 14.7. The van der Waals surface area contributed by atoms with Gasteiger partial charge < -0.3 is 10.6 Å². The summed E-state index contributed by atoms with van der Waals surface area (Å²) in [7, 11) is 0. The maximum absolute atomic E-state index is 3.77. The van der Waals surface area contributed by atoms with Crippen LogP contribution in [-0.4, -0.2) is 24.7 Å². The molecule has 0 amide bonds. The van der Waals surface area contributed by atoms with Gasteiger partial charge in [0.15, 0.2) is 0 Å². The molecule has 0 aliphatic heterocycles. The minimum absolute atomic E-state index is 0.470. The maximum Gasteiger partial charge on any atom is 0.00797 e. The Balaban J connectivity index is 2.59. The predicted octanol–water partition coefficient (Wildman–Crippen LogP) is 3.96. The normalized spacial score (nSPS) is 31.1. The van der Waals surface area contributed by atoms with Gasteiger partial charge in [0, 0.05) is 18.1 Å². The standard InChI is InChI=1S/C17H36N2/c1-13(2)18-9-8-17(7)11-15(19-14(3)4)10-16(5,6)12-17/h13-15,18-19H,8-12H2,1-7H3. The van der Waals surface area contributed by atoms with Crippen molar-refractivity contribution in [3.05, 3.63) is 0 Å². The fourth-order valence-corrected chi connectivity index (χ4v) is 4.08. The van der Waals surface area contributed by atoms with Crippen LogP contribution in [-0.2, 0) is 0 Å². The first-order valence-electron chi connectivity index (χ1n) is 8.11. The maximum atomic E-state index is 3.77. The van der Waals surface area contributed by atoms with Crippen molar-refractivity contribution in [3.8, 4) is 0 Å². The van der Waals surface area contributed by atoms with E-state index in [-0.39, 0.29) is 0 Å². The van der Waals surface area contributed by atoms with Crippen LogP contribution in [0, 0.1) is 10.8 Å². The molecule has 2 unspecified atom stereocenters. The lowest BCUT2D eigenvalue weighted by Gasteiger charge is -2.47. The molecule has 0 saturated heterocycles. The van der Waals surface area contributed by atoms with Crippen molar-refractivity contribution in [2.45, 2.75) is 92.3 Å². The van der Waals surface area contributed by atoms with Crippen molar-refractivity contribution < 1.29 is 0 Å². The third kappa shape index (κ3) is 6.27. The molecule has 2 N–H and O–H groups in total. The summed E-state index contributed by atoms with van der Waals surface area (Å²) in [5.41, 5.74) is 0.952. The molecular weight excluding hydrogens is 232 g/mol. The third-order valence-electron chi connectivity index (χ3n) is 4.29. The first-order chi connectivity index (χ1) is 8.62. The number of rotatable bonds is 6. The Morgan fingerprint density at radius 3 is 2.16 bits per heavy atom. The van der Waals surface area contributed by atoms with Gasteiger partial charge in [-0.15, -0.1) is 0 Å². The summed E-state index contributed by atoms with van der Waals surface area (Å²) in [4.78, 5) is 0. The summed E-state index contributed by atoms with van der Waals surface area (Å²) in [5.74, 6) is 0. The molecule has 0 spiro atoms. The van der Waals surface area contributed by atoms with E-state index in [4.69, 9.17) is 0 Å². The molecule has 1 fully saturated rings. The van der Waals surface area contributed by atoms with Gasteiger partial charge in [-0.1, -0.05) is 48.5 Å². The molecule has 2 nitrogen and oxygen atoms in total. The minimum atomic E-state index is 0.470. The van der Waals surface area contributed by atoms with E-state index in [1.807, 2.05) is 0 Å². The minimum Gasteiger partial charge on any atom is -0.315 e. The van der Waals surface area contributed by atoms with Crippen molar-refractivity contribution in [3.63, 3.8) is 0 Å². The molecule has 1 saturated carbocycles. The zero-order valence-electron chi connectivity index (χ0n) is 14.3. The molecule has 1 aliphatic carbocycles. The Labute approximate surface area is 121 Å². The van der Waals surface area contributed by atoms with Crippen molar-refractivity contribution in [2.75, 3.05) is 6.54 Å². The lowest BCUT2D eigenvalue weighted by Crippen LogP contribution is -2.47. The van der Waals surface area contributed by atoms with Gasteiger partial charge in [0.1, 0.15) is 0 Å². The average molecular weight is 268 g/mol. The smallest absolute Gasteiger partial charge is 0.00797 e. The van der Waals surface area contributed by atoms with Gasteiger partial charge in [-0.25, -0.2) is 0 Å². The molecular formula is C17H36N2. The third-order valence-corrected chi connectivity index (χ3v) is 4.29. The second-order valence-corrected chi connectivity index (χ2v) is 8.44. The molecule has 2 atom stereocenters. The first-order valence-corrected chi connectivity index (χ1v) is 8.11. The summed E-state index contributed by atoms with van der Waals surface area (Å²) in [6.45, 7) is 17.5. The summed E-state index contributed by atoms with van der Waals surface area (Å²) in [6, 6.07) is 1.88. The zero-order valence-corrected chi connectivity index (χ0v) is 14.3. The van der Waals surface area contributed by atoms with Crippen LogP contribution in [0.2, 0.25) is 0 Å². The highest BCUT2D eigenvalue weighted by Crippen LogP contribution is 2.47. The van der Waals surface area contributed by atoms with Crippen LogP contribution in [0.5, 0.6) is 0 Å². The van der Waals surface area contributed by atoms with Gasteiger partial charge in [0.2, 0.25) is 0 Å². The molecule has 19 heavy (non-hydrogen) atoms. The van der Waals surface area contributed by atoms with E-state index in [9.17, 15) is 0 Å². The number of nitrogens with one attached hydrogen (secondary N) is 2. The van der Waals surface area contributed by atoms with Gasteiger partial charge in [-0.2, -0.15) is 0 Å². The Kier molecular flexibility index (Phi) is 5.88. The first kappa shape index (κ1) is 17.0. The van der Waals surface area contributed by atoms with E-state index in [1.165, 1.54) is 25.7 Å². The van der Waals surface area contributed by atoms with Crippen LogP contribution in [0.4, 0.5) is 0 Å². The monoisotopic (exact) mass is 268 g/mol. The molecule has 1 rings (SSSR count). The van der Waals surface area contributed by atoms with E-state index >= 15 is 0 Å². The number of hydrogen-bond donors (Lipinski definition) is 2. The molecule has 0 heterocycles. The Morgan fingerprint density at radius 1 is 1.00 bits per heavy atom. The lowest BCUT2D eigenvalue weighted by atomic mass is 9.61. The van der Waals surface area contributed by atoms with Gasteiger partial charge in [-0.05, 0) is 43.1 Å². The summed E-state index contributed by atoms with van der Waals surface area (Å²) in [6.07, 6.45) is 5.30. The van der Waals surface area contributed by atoms with E-state index < -0.39 is 0 Å². The summed E-state index contributed by atoms with van der Waals surface area (Å²) < 4.78 is 0. The van der Waals surface area contributed by atoms with Gasteiger partial charge in [0.25, 0.3) is 0 Å². The quantitative estimate of drug-likeness (QED) is 0.762. The van der Waals surface area contributed by atoms with E-state index in [1.54, 1.807) is 0 Å². The number of hydrogen-bond acceptors (Lipinski definition) is 2. The van der Waals surface area contributed by atoms with Crippen LogP contribution in [0.3, 0.4) is 0 Å². The van der Waals surface area contributed by atoms with Crippen molar-refractivity contribution in [1.29, 1.82) is 0 Å². The molecule has 0 radical (unpaired) electrons. The Morgan fingerprint density at radius 2 is 1.63 bits per heavy atom. The van der Waals surface area contributed by atoms with Crippen LogP contribution in [0.1, 0.15) is 74.1 Å². The second-order valence-electron chi connectivity index (χ2n) is 8.44. The SMILES string of the molecule is CC(C)NCCC1(C)CC(NC(C)C)CC(C)(C)C1. The molecule has 0 bridgehead atoms. The molecule has 114 valence electrons. The molecule has 0 aromatic rings. The predicted molar refractivity (Wildman–Crippen MR) is 85.6 cm³/mol.